The van der Waals surface area contributed by atoms with Crippen LogP contribution in [0.2, 0.25) is 5.02 Å². The Balaban J connectivity index is 1.58. The summed E-state index contributed by atoms with van der Waals surface area (Å²) < 4.78 is 21.4. The Kier molecular flexibility index (Phi) is 7.95. The summed E-state index contributed by atoms with van der Waals surface area (Å²) in [6.45, 7) is 0.908. The first kappa shape index (κ1) is 23.9. The fraction of sp³-hybridized carbons (Fsp3) is 0.160. The molecule has 9 heteroatoms. The van der Waals surface area contributed by atoms with Crippen LogP contribution in [-0.4, -0.2) is 40.9 Å². The molecule has 0 aliphatic heterocycles. The molecule has 0 unspecified atom stereocenters. The van der Waals surface area contributed by atoms with E-state index in [0.717, 1.165) is 5.56 Å². The summed E-state index contributed by atoms with van der Waals surface area (Å²) in [5.74, 6) is 0.475. The van der Waals surface area contributed by atoms with Crippen molar-refractivity contribution in [2.75, 3.05) is 20.3 Å². The minimum absolute atomic E-state index is 0.153. The monoisotopic (exact) mass is 496 g/mol. The summed E-state index contributed by atoms with van der Waals surface area (Å²) in [5, 5.41) is 12.5. The molecule has 0 bridgehead atoms. The minimum Gasteiger partial charge on any atom is -0.383 e. The van der Waals surface area contributed by atoms with Crippen LogP contribution in [0.5, 0.6) is 0 Å². The first-order chi connectivity index (χ1) is 16.6. The highest BCUT2D eigenvalue weighted by Gasteiger charge is 2.20. The summed E-state index contributed by atoms with van der Waals surface area (Å²) in [6, 6.07) is 21.1. The number of aromatic nitrogens is 3. The maximum Gasteiger partial charge on any atom is 0.251 e. The molecule has 34 heavy (non-hydrogen) atoms. The van der Waals surface area contributed by atoms with E-state index < -0.39 is 0 Å². The maximum atomic E-state index is 14.8. The van der Waals surface area contributed by atoms with Gasteiger partial charge in [-0.1, -0.05) is 59.8 Å². The predicted molar refractivity (Wildman–Crippen MR) is 132 cm³/mol. The number of hydrogen-bond acceptors (Lipinski definition) is 5. The molecule has 1 amide bonds. The molecule has 6 nitrogen and oxygen atoms in total. The Morgan fingerprint density at radius 3 is 2.53 bits per heavy atom. The average molecular weight is 497 g/mol. The van der Waals surface area contributed by atoms with E-state index in [1.807, 2.05) is 30.3 Å². The minimum atomic E-state index is -0.388. The maximum absolute atomic E-state index is 14.8. The molecule has 0 saturated carbocycles. The van der Waals surface area contributed by atoms with Crippen molar-refractivity contribution in [1.82, 2.24) is 20.1 Å². The molecule has 0 aliphatic carbocycles. The number of nitrogens with one attached hydrogen (secondary N) is 1. The molecule has 0 saturated heterocycles. The van der Waals surface area contributed by atoms with Crippen molar-refractivity contribution >= 4 is 29.3 Å². The second-order valence-corrected chi connectivity index (χ2v) is 8.66. The standard InChI is InChI=1S/C25H22ClFN4O2S/c1-33-15-14-28-24(32)18-12-10-17(11-13-18)16-34-25-30-29-23(19-6-2-3-7-20(19)26)31(25)22-9-5-4-8-21(22)27/h2-13H,14-16H2,1H3,(H,28,32). The zero-order chi connectivity index (χ0) is 23.9. The van der Waals surface area contributed by atoms with Gasteiger partial charge < -0.3 is 10.1 Å². The lowest BCUT2D eigenvalue weighted by atomic mass is 10.1. The van der Waals surface area contributed by atoms with Crippen LogP contribution in [0.1, 0.15) is 15.9 Å². The Morgan fingerprint density at radius 2 is 1.79 bits per heavy atom. The molecule has 174 valence electrons. The van der Waals surface area contributed by atoms with Crippen LogP contribution in [-0.2, 0) is 10.5 Å². The van der Waals surface area contributed by atoms with Gasteiger partial charge in [-0.3, -0.25) is 9.36 Å². The van der Waals surface area contributed by atoms with Crippen molar-refractivity contribution in [2.24, 2.45) is 0 Å². The van der Waals surface area contributed by atoms with Crippen LogP contribution in [0.15, 0.2) is 78.0 Å². The van der Waals surface area contributed by atoms with Crippen LogP contribution in [0.3, 0.4) is 0 Å². The van der Waals surface area contributed by atoms with Crippen LogP contribution in [0, 0.1) is 5.82 Å². The quantitative estimate of drug-likeness (QED) is 0.248. The molecule has 0 aliphatic rings. The lowest BCUT2D eigenvalue weighted by Crippen LogP contribution is -2.26. The third-order valence-electron chi connectivity index (χ3n) is 5.02. The summed E-state index contributed by atoms with van der Waals surface area (Å²) in [5.41, 5.74) is 2.56. The van der Waals surface area contributed by atoms with Gasteiger partial charge in [-0.15, -0.1) is 10.2 Å². The van der Waals surface area contributed by atoms with Crippen molar-refractivity contribution in [2.45, 2.75) is 10.9 Å². The zero-order valence-electron chi connectivity index (χ0n) is 18.4. The Morgan fingerprint density at radius 1 is 1.06 bits per heavy atom. The highest BCUT2D eigenvalue weighted by Crippen LogP contribution is 2.33. The zero-order valence-corrected chi connectivity index (χ0v) is 19.9. The Hall–Kier alpha value is -3.20. The van der Waals surface area contributed by atoms with Gasteiger partial charge in [0.25, 0.3) is 5.91 Å². The summed E-state index contributed by atoms with van der Waals surface area (Å²) in [7, 11) is 1.59. The summed E-state index contributed by atoms with van der Waals surface area (Å²) in [6.07, 6.45) is 0. The third-order valence-corrected chi connectivity index (χ3v) is 6.35. The van der Waals surface area contributed by atoms with Gasteiger partial charge in [0.2, 0.25) is 0 Å². The normalized spacial score (nSPS) is 10.9. The van der Waals surface area contributed by atoms with Gasteiger partial charge in [0.05, 0.1) is 17.3 Å². The number of para-hydroxylation sites is 1. The number of carbonyl (C=O) groups is 1. The van der Waals surface area contributed by atoms with Crippen LogP contribution >= 0.6 is 23.4 Å². The fourth-order valence-corrected chi connectivity index (χ4v) is 4.42. The number of hydrogen-bond donors (Lipinski definition) is 1. The van der Waals surface area contributed by atoms with Gasteiger partial charge in [-0.05, 0) is 42.0 Å². The van der Waals surface area contributed by atoms with Gasteiger partial charge in [0, 0.05) is 30.5 Å². The van der Waals surface area contributed by atoms with Crippen LogP contribution in [0.4, 0.5) is 4.39 Å². The SMILES string of the molecule is COCCNC(=O)c1ccc(CSc2nnc(-c3ccccc3Cl)n2-c2ccccc2F)cc1. The van der Waals surface area contributed by atoms with Crippen molar-refractivity contribution in [3.05, 3.63) is 94.8 Å². The molecule has 3 aromatic carbocycles. The van der Waals surface area contributed by atoms with Crippen LogP contribution < -0.4 is 5.32 Å². The lowest BCUT2D eigenvalue weighted by Gasteiger charge is -2.12. The highest BCUT2D eigenvalue weighted by molar-refractivity contribution is 7.98. The lowest BCUT2D eigenvalue weighted by molar-refractivity contribution is 0.0937. The van der Waals surface area contributed by atoms with E-state index >= 15 is 0 Å². The molecule has 4 aromatic rings. The number of thioether (sulfide) groups is 1. The summed E-state index contributed by atoms with van der Waals surface area (Å²) >= 11 is 7.82. The molecule has 0 spiro atoms. The first-order valence-corrected chi connectivity index (χ1v) is 11.9. The average Bonchev–Trinajstić information content (AvgIpc) is 3.27. The highest BCUT2D eigenvalue weighted by atomic mass is 35.5. The second-order valence-electron chi connectivity index (χ2n) is 7.31. The Bertz CT molecular complexity index is 1280. The molecule has 0 fully saturated rings. The number of amides is 1. The molecule has 1 N–H and O–H groups in total. The van der Waals surface area contributed by atoms with Gasteiger partial charge in [-0.2, -0.15) is 0 Å². The second kappa shape index (κ2) is 11.3. The number of halogens is 2. The van der Waals surface area contributed by atoms with Crippen LogP contribution in [0.25, 0.3) is 17.1 Å². The number of benzene rings is 3. The van der Waals surface area contributed by atoms with Crippen molar-refractivity contribution in [1.29, 1.82) is 0 Å². The smallest absolute Gasteiger partial charge is 0.251 e. The van der Waals surface area contributed by atoms with E-state index in [0.29, 0.717) is 51.7 Å². The molecule has 0 atom stereocenters. The van der Waals surface area contributed by atoms with Crippen molar-refractivity contribution in [3.8, 4) is 17.1 Å². The number of ether oxygens (including phenoxy) is 1. The van der Waals surface area contributed by atoms with E-state index in [-0.39, 0.29) is 11.7 Å². The Labute approximate surface area is 206 Å². The van der Waals surface area contributed by atoms with Gasteiger partial charge >= 0.3 is 0 Å². The molecule has 4 rings (SSSR count). The van der Waals surface area contributed by atoms with Crippen molar-refractivity contribution in [3.63, 3.8) is 0 Å². The third kappa shape index (κ3) is 5.47. The molecular weight excluding hydrogens is 475 g/mol. The van der Waals surface area contributed by atoms with Gasteiger partial charge in [0.15, 0.2) is 11.0 Å². The fourth-order valence-electron chi connectivity index (χ4n) is 3.30. The number of carbonyl (C=O) groups excluding carboxylic acids is 1. The number of rotatable bonds is 9. The summed E-state index contributed by atoms with van der Waals surface area (Å²) in [4.78, 5) is 12.2. The van der Waals surface area contributed by atoms with E-state index in [2.05, 4.69) is 15.5 Å². The molecule has 1 aromatic heterocycles. The van der Waals surface area contributed by atoms with Crippen molar-refractivity contribution < 1.29 is 13.9 Å². The molecule has 1 heterocycles. The largest absolute Gasteiger partial charge is 0.383 e. The number of nitrogens with zero attached hydrogens (tertiary/aromatic N) is 3. The van der Waals surface area contributed by atoms with E-state index in [1.165, 1.54) is 17.8 Å². The van der Waals surface area contributed by atoms with Gasteiger partial charge in [0.1, 0.15) is 5.82 Å². The van der Waals surface area contributed by atoms with E-state index in [4.69, 9.17) is 16.3 Å². The van der Waals surface area contributed by atoms with E-state index in [1.54, 1.807) is 48.1 Å². The molecule has 0 radical (unpaired) electrons. The van der Waals surface area contributed by atoms with E-state index in [9.17, 15) is 9.18 Å². The first-order valence-electron chi connectivity index (χ1n) is 10.5. The van der Waals surface area contributed by atoms with Gasteiger partial charge in [-0.25, -0.2) is 4.39 Å². The molecular formula is C25H22ClFN4O2S. The predicted octanol–water partition coefficient (Wildman–Crippen LogP) is 5.40. The topological polar surface area (TPSA) is 69.0 Å². The number of methoxy groups -OCH3 is 1.